The molecule has 0 radical (unpaired) electrons. The molecule has 0 aliphatic rings. The minimum Gasteiger partial charge on any atom is -0.389 e. The van der Waals surface area contributed by atoms with Gasteiger partial charge in [0.25, 0.3) is 5.54 Å². The molecule has 0 aliphatic carbocycles. The molecule has 0 bridgehead atoms. The largest absolute Gasteiger partial charge is 0.389 e. The highest BCUT2D eigenvalue weighted by Crippen LogP contribution is 2.09. The summed E-state index contributed by atoms with van der Waals surface area (Å²) in [5, 5.41) is 27.0. The standard InChI is InChI=1S/C4H8ClNO4/c5-1-4(2-7,3-8)6(9)10/h7-8H,1-3H2. The van der Waals surface area contributed by atoms with Gasteiger partial charge in [-0.3, -0.25) is 10.1 Å². The topological polar surface area (TPSA) is 83.6 Å². The van der Waals surface area contributed by atoms with E-state index in [1.54, 1.807) is 0 Å². The molecule has 0 aliphatic heterocycles. The zero-order chi connectivity index (χ0) is 8.20. The fourth-order valence-electron chi connectivity index (χ4n) is 0.299. The van der Waals surface area contributed by atoms with Gasteiger partial charge in [0.15, 0.2) is 0 Å². The lowest BCUT2D eigenvalue weighted by molar-refractivity contribution is -0.570. The van der Waals surface area contributed by atoms with Crippen molar-refractivity contribution in [1.29, 1.82) is 0 Å². The van der Waals surface area contributed by atoms with Gasteiger partial charge in [-0.2, -0.15) is 0 Å². The number of aliphatic hydroxyl groups is 2. The summed E-state index contributed by atoms with van der Waals surface area (Å²) < 4.78 is 0. The van der Waals surface area contributed by atoms with Gasteiger partial charge in [0.1, 0.15) is 13.2 Å². The molecule has 0 saturated heterocycles. The highest BCUT2D eigenvalue weighted by molar-refractivity contribution is 6.18. The summed E-state index contributed by atoms with van der Waals surface area (Å²) in [5.74, 6) is -0.396. The lowest BCUT2D eigenvalue weighted by atomic mass is 10.1. The van der Waals surface area contributed by atoms with Gasteiger partial charge in [-0.05, 0) is 0 Å². The van der Waals surface area contributed by atoms with Crippen LogP contribution >= 0.6 is 11.6 Å². The number of alkyl halides is 1. The first-order chi connectivity index (χ1) is 4.63. The summed E-state index contributed by atoms with van der Waals surface area (Å²) >= 11 is 5.16. The number of nitro groups is 1. The molecule has 2 N–H and O–H groups in total. The van der Waals surface area contributed by atoms with Crippen LogP contribution in [0.3, 0.4) is 0 Å². The van der Waals surface area contributed by atoms with Crippen LogP contribution in [0.2, 0.25) is 0 Å². The van der Waals surface area contributed by atoms with Crippen molar-refractivity contribution in [2.75, 3.05) is 19.1 Å². The van der Waals surface area contributed by atoms with Crippen molar-refractivity contribution in [3.8, 4) is 0 Å². The van der Waals surface area contributed by atoms with Gasteiger partial charge >= 0.3 is 0 Å². The molecular formula is C4H8ClNO4. The van der Waals surface area contributed by atoms with Crippen LogP contribution in [0.15, 0.2) is 0 Å². The molecule has 6 heteroatoms. The SMILES string of the molecule is O=[N+]([O-])C(CO)(CO)CCl. The van der Waals surface area contributed by atoms with Gasteiger partial charge in [0.2, 0.25) is 0 Å². The average molecular weight is 170 g/mol. The zero-order valence-electron chi connectivity index (χ0n) is 5.16. The second-order valence-electron chi connectivity index (χ2n) is 1.93. The second kappa shape index (κ2) is 3.70. The zero-order valence-corrected chi connectivity index (χ0v) is 5.91. The van der Waals surface area contributed by atoms with E-state index in [2.05, 4.69) is 0 Å². The smallest absolute Gasteiger partial charge is 0.280 e. The molecule has 0 aromatic heterocycles. The molecule has 0 rings (SSSR count). The van der Waals surface area contributed by atoms with Crippen LogP contribution < -0.4 is 0 Å². The summed E-state index contributed by atoms with van der Waals surface area (Å²) in [4.78, 5) is 9.34. The van der Waals surface area contributed by atoms with Crippen molar-refractivity contribution in [2.24, 2.45) is 0 Å². The molecule has 5 nitrogen and oxygen atoms in total. The Labute approximate surface area is 62.4 Å². The Morgan fingerprint density at radius 3 is 1.90 bits per heavy atom. The van der Waals surface area contributed by atoms with Crippen molar-refractivity contribution in [1.82, 2.24) is 0 Å². The molecule has 0 fully saturated rings. The minimum atomic E-state index is -1.78. The van der Waals surface area contributed by atoms with E-state index in [-0.39, 0.29) is 0 Å². The van der Waals surface area contributed by atoms with Gasteiger partial charge in [-0.15, -0.1) is 11.6 Å². The molecule has 0 unspecified atom stereocenters. The molecule has 10 heavy (non-hydrogen) atoms. The monoisotopic (exact) mass is 169 g/mol. The summed E-state index contributed by atoms with van der Waals surface area (Å²) in [5.41, 5.74) is -1.78. The lowest BCUT2D eigenvalue weighted by Gasteiger charge is -2.16. The van der Waals surface area contributed by atoms with E-state index in [1.165, 1.54) is 0 Å². The highest BCUT2D eigenvalue weighted by Gasteiger charge is 2.40. The van der Waals surface area contributed by atoms with Crippen LogP contribution in [0.5, 0.6) is 0 Å². The number of hydrogen-bond acceptors (Lipinski definition) is 4. The Bertz CT molecular complexity index is 116. The summed E-state index contributed by atoms with van der Waals surface area (Å²) in [7, 11) is 0. The predicted octanol–water partition coefficient (Wildman–Crippen LogP) is -0.775. The Hall–Kier alpha value is -0.390. The van der Waals surface area contributed by atoms with Crippen LogP contribution in [-0.4, -0.2) is 39.8 Å². The van der Waals surface area contributed by atoms with Gasteiger partial charge in [-0.25, -0.2) is 0 Å². The number of aliphatic hydroxyl groups excluding tert-OH is 2. The highest BCUT2D eigenvalue weighted by atomic mass is 35.5. The first kappa shape index (κ1) is 9.61. The van der Waals surface area contributed by atoms with Gasteiger partial charge in [0, 0.05) is 4.92 Å². The van der Waals surface area contributed by atoms with Gasteiger partial charge in [-0.1, -0.05) is 0 Å². The third kappa shape index (κ3) is 1.56. The Morgan fingerprint density at radius 1 is 1.50 bits per heavy atom. The summed E-state index contributed by atoms with van der Waals surface area (Å²) in [6.07, 6.45) is 0. The summed E-state index contributed by atoms with van der Waals surface area (Å²) in [6.45, 7) is -1.50. The molecule has 0 aromatic carbocycles. The van der Waals surface area contributed by atoms with E-state index >= 15 is 0 Å². The minimum absolute atomic E-state index is 0.396. The second-order valence-corrected chi connectivity index (χ2v) is 2.20. The maximum atomic E-state index is 10.1. The quantitative estimate of drug-likeness (QED) is 0.329. The van der Waals surface area contributed by atoms with Gasteiger partial charge in [0.05, 0.1) is 5.88 Å². The fourth-order valence-corrected chi connectivity index (χ4v) is 0.565. The van der Waals surface area contributed by atoms with Crippen LogP contribution in [0.1, 0.15) is 0 Å². The van der Waals surface area contributed by atoms with Gasteiger partial charge < -0.3 is 10.2 Å². The summed E-state index contributed by atoms with van der Waals surface area (Å²) in [6, 6.07) is 0. The predicted molar refractivity (Wildman–Crippen MR) is 34.6 cm³/mol. The van der Waals surface area contributed by atoms with Crippen molar-refractivity contribution in [3.63, 3.8) is 0 Å². The average Bonchev–Trinajstić information content (AvgIpc) is 1.92. The van der Waals surface area contributed by atoms with Crippen molar-refractivity contribution < 1.29 is 15.1 Å². The molecular weight excluding hydrogens is 162 g/mol. The molecule has 60 valence electrons. The lowest BCUT2D eigenvalue weighted by Crippen LogP contribution is -2.47. The van der Waals surface area contributed by atoms with E-state index < -0.39 is 29.6 Å². The van der Waals surface area contributed by atoms with Crippen molar-refractivity contribution in [2.45, 2.75) is 5.54 Å². The molecule has 0 amide bonds. The third-order valence-electron chi connectivity index (χ3n) is 1.22. The number of hydrogen-bond donors (Lipinski definition) is 2. The molecule has 0 saturated carbocycles. The van der Waals surface area contributed by atoms with E-state index in [0.717, 1.165) is 0 Å². The maximum Gasteiger partial charge on any atom is 0.280 e. The first-order valence-corrected chi connectivity index (χ1v) is 3.08. The van der Waals surface area contributed by atoms with Crippen LogP contribution in [0, 0.1) is 10.1 Å². The third-order valence-corrected chi connectivity index (χ3v) is 1.72. The molecule has 0 atom stereocenters. The number of rotatable bonds is 4. The van der Waals surface area contributed by atoms with Crippen LogP contribution in [0.4, 0.5) is 0 Å². The van der Waals surface area contributed by atoms with Crippen LogP contribution in [-0.2, 0) is 0 Å². The van der Waals surface area contributed by atoms with Crippen LogP contribution in [0.25, 0.3) is 0 Å². The molecule has 0 heterocycles. The Kier molecular flexibility index (Phi) is 3.55. The van der Waals surface area contributed by atoms with Crippen molar-refractivity contribution >= 4 is 11.6 Å². The van der Waals surface area contributed by atoms with E-state index in [9.17, 15) is 10.1 Å². The van der Waals surface area contributed by atoms with E-state index in [0.29, 0.717) is 0 Å². The normalized spacial score (nSPS) is 11.5. The Morgan fingerprint density at radius 2 is 1.90 bits per heavy atom. The first-order valence-electron chi connectivity index (χ1n) is 2.55. The van der Waals surface area contributed by atoms with E-state index in [4.69, 9.17) is 21.8 Å². The molecule has 0 spiro atoms. The van der Waals surface area contributed by atoms with E-state index in [1.807, 2.05) is 0 Å². The number of halogens is 1. The van der Waals surface area contributed by atoms with Crippen molar-refractivity contribution in [3.05, 3.63) is 10.1 Å². The molecule has 0 aromatic rings. The Balaban J connectivity index is 4.31. The number of nitrogens with zero attached hydrogens (tertiary/aromatic N) is 1. The fraction of sp³-hybridized carbons (Fsp3) is 1.00. The maximum absolute atomic E-state index is 10.1.